The van der Waals surface area contributed by atoms with Gasteiger partial charge < -0.3 is 14.9 Å². The van der Waals surface area contributed by atoms with E-state index in [2.05, 4.69) is 0 Å². The molecule has 102 valence electrons. The molecule has 0 radical (unpaired) electrons. The third kappa shape index (κ3) is 2.23. The summed E-state index contributed by atoms with van der Waals surface area (Å²) in [5.74, 6) is -1.17. The van der Waals surface area contributed by atoms with Crippen LogP contribution in [0.4, 0.5) is 0 Å². The predicted octanol–water partition coefficient (Wildman–Crippen LogP) is 0.849. The van der Waals surface area contributed by atoms with Crippen molar-refractivity contribution in [2.45, 2.75) is 38.7 Å². The topological polar surface area (TPSA) is 90.5 Å². The Hall–Kier alpha value is -1.12. The van der Waals surface area contributed by atoms with Crippen molar-refractivity contribution in [1.82, 2.24) is 0 Å². The Labute approximate surface area is 107 Å². The molecule has 0 spiro atoms. The number of nitrogens with zero attached hydrogens (tertiary/aromatic N) is 1. The Bertz CT molecular complexity index is 338. The van der Waals surface area contributed by atoms with Gasteiger partial charge >= 0.3 is 5.97 Å². The second kappa shape index (κ2) is 6.17. The van der Waals surface area contributed by atoms with Gasteiger partial charge in [0.2, 0.25) is 0 Å². The van der Waals surface area contributed by atoms with Gasteiger partial charge in [-0.05, 0) is 31.1 Å². The van der Waals surface area contributed by atoms with Crippen LogP contribution in [0, 0.1) is 28.6 Å². The summed E-state index contributed by atoms with van der Waals surface area (Å²) in [7, 11) is 1.22. The molecule has 0 bridgehead atoms. The van der Waals surface area contributed by atoms with Crippen LogP contribution < -0.4 is 0 Å². The summed E-state index contributed by atoms with van der Waals surface area (Å²) in [6, 6.07) is 1.98. The van der Waals surface area contributed by atoms with Crippen LogP contribution in [-0.2, 0) is 9.53 Å². The second-order valence-corrected chi connectivity index (χ2v) is 4.90. The molecule has 18 heavy (non-hydrogen) atoms. The Morgan fingerprint density at radius 2 is 2.22 bits per heavy atom. The third-order valence-electron chi connectivity index (χ3n) is 4.03. The molecule has 5 nitrogen and oxygen atoms in total. The maximum absolute atomic E-state index is 12.0. The molecule has 0 aliphatic heterocycles. The zero-order chi connectivity index (χ0) is 13.8. The van der Waals surface area contributed by atoms with Crippen molar-refractivity contribution in [3.63, 3.8) is 0 Å². The highest BCUT2D eigenvalue weighted by molar-refractivity contribution is 5.81. The van der Waals surface area contributed by atoms with E-state index < -0.39 is 17.5 Å². The zero-order valence-corrected chi connectivity index (χ0v) is 10.9. The van der Waals surface area contributed by atoms with Gasteiger partial charge in [-0.15, -0.1) is 0 Å². The summed E-state index contributed by atoms with van der Waals surface area (Å²) < 4.78 is 4.72. The molecule has 0 unspecified atom stereocenters. The van der Waals surface area contributed by atoms with Crippen molar-refractivity contribution < 1.29 is 19.7 Å². The Morgan fingerprint density at radius 1 is 1.56 bits per heavy atom. The van der Waals surface area contributed by atoms with E-state index in [1.54, 1.807) is 0 Å². The quantitative estimate of drug-likeness (QED) is 0.727. The van der Waals surface area contributed by atoms with Crippen LogP contribution in [0.2, 0.25) is 0 Å². The molecular weight excluding hydrogens is 234 g/mol. The first-order chi connectivity index (χ1) is 8.58. The van der Waals surface area contributed by atoms with E-state index in [-0.39, 0.29) is 18.4 Å². The van der Waals surface area contributed by atoms with Crippen LogP contribution in [0.3, 0.4) is 0 Å². The SMILES string of the molecule is CCC[C@H]1[C@H](CO)CC[C@@H](O)[C@]1(C#N)C(=O)OC. The number of hydrogen-bond donors (Lipinski definition) is 2. The largest absolute Gasteiger partial charge is 0.468 e. The summed E-state index contributed by atoms with van der Waals surface area (Å²) in [4.78, 5) is 12.0. The zero-order valence-electron chi connectivity index (χ0n) is 10.9. The minimum absolute atomic E-state index is 0.0716. The van der Waals surface area contributed by atoms with E-state index in [0.717, 1.165) is 6.42 Å². The molecule has 0 aromatic rings. The molecule has 0 amide bonds. The van der Waals surface area contributed by atoms with Crippen molar-refractivity contribution >= 4 is 5.97 Å². The van der Waals surface area contributed by atoms with Crippen LogP contribution in [0.5, 0.6) is 0 Å². The number of ether oxygens (including phenoxy) is 1. The predicted molar refractivity (Wildman–Crippen MR) is 64.3 cm³/mol. The van der Waals surface area contributed by atoms with Crippen LogP contribution in [-0.4, -0.2) is 36.0 Å². The molecule has 5 heteroatoms. The fourth-order valence-corrected chi connectivity index (χ4v) is 3.07. The van der Waals surface area contributed by atoms with E-state index in [9.17, 15) is 20.3 Å². The smallest absolute Gasteiger partial charge is 0.329 e. The molecule has 2 N–H and O–H groups in total. The van der Waals surface area contributed by atoms with Gasteiger partial charge in [0.15, 0.2) is 5.41 Å². The lowest BCUT2D eigenvalue weighted by molar-refractivity contribution is -0.167. The van der Waals surface area contributed by atoms with E-state index in [1.807, 2.05) is 13.0 Å². The number of carbonyl (C=O) groups is 1. The number of esters is 1. The Morgan fingerprint density at radius 3 is 2.67 bits per heavy atom. The van der Waals surface area contributed by atoms with Crippen molar-refractivity contribution in [2.24, 2.45) is 17.3 Å². The van der Waals surface area contributed by atoms with Gasteiger partial charge in [0.05, 0.1) is 19.3 Å². The molecule has 0 saturated heterocycles. The van der Waals surface area contributed by atoms with E-state index in [0.29, 0.717) is 19.3 Å². The monoisotopic (exact) mass is 255 g/mol. The van der Waals surface area contributed by atoms with Gasteiger partial charge in [-0.25, -0.2) is 0 Å². The summed E-state index contributed by atoms with van der Waals surface area (Å²) in [6.45, 7) is 1.88. The lowest BCUT2D eigenvalue weighted by atomic mass is 9.59. The summed E-state index contributed by atoms with van der Waals surface area (Å²) >= 11 is 0. The van der Waals surface area contributed by atoms with Crippen molar-refractivity contribution in [2.75, 3.05) is 13.7 Å². The number of hydrogen-bond acceptors (Lipinski definition) is 5. The molecular formula is C13H21NO4. The maximum Gasteiger partial charge on any atom is 0.329 e. The van der Waals surface area contributed by atoms with Gasteiger partial charge in [0, 0.05) is 6.61 Å². The van der Waals surface area contributed by atoms with Crippen LogP contribution in [0.25, 0.3) is 0 Å². The van der Waals surface area contributed by atoms with Crippen LogP contribution in [0.15, 0.2) is 0 Å². The van der Waals surface area contributed by atoms with Crippen molar-refractivity contribution in [3.05, 3.63) is 0 Å². The van der Waals surface area contributed by atoms with Gasteiger partial charge in [0.1, 0.15) is 0 Å². The third-order valence-corrected chi connectivity index (χ3v) is 4.03. The Balaban J connectivity index is 3.20. The number of carbonyl (C=O) groups excluding carboxylic acids is 1. The fourth-order valence-electron chi connectivity index (χ4n) is 3.07. The average Bonchev–Trinajstić information content (AvgIpc) is 2.39. The highest BCUT2D eigenvalue weighted by Crippen LogP contribution is 2.47. The number of methoxy groups -OCH3 is 1. The minimum atomic E-state index is -1.53. The molecule has 1 aliphatic carbocycles. The first-order valence-electron chi connectivity index (χ1n) is 6.37. The van der Waals surface area contributed by atoms with Gasteiger partial charge in [-0.2, -0.15) is 5.26 Å². The van der Waals surface area contributed by atoms with Crippen LogP contribution >= 0.6 is 0 Å². The highest BCUT2D eigenvalue weighted by atomic mass is 16.5. The molecule has 0 aromatic heterocycles. The fraction of sp³-hybridized carbons (Fsp3) is 0.846. The second-order valence-electron chi connectivity index (χ2n) is 4.90. The summed E-state index contributed by atoms with van der Waals surface area (Å²) in [5, 5.41) is 29.0. The van der Waals surface area contributed by atoms with E-state index >= 15 is 0 Å². The minimum Gasteiger partial charge on any atom is -0.468 e. The number of aliphatic hydroxyl groups excluding tert-OH is 2. The number of aliphatic hydroxyl groups is 2. The first kappa shape index (κ1) is 14.9. The number of rotatable bonds is 4. The van der Waals surface area contributed by atoms with E-state index in [1.165, 1.54) is 7.11 Å². The molecule has 1 aliphatic rings. The molecule has 4 atom stereocenters. The van der Waals surface area contributed by atoms with Gasteiger partial charge in [0.25, 0.3) is 0 Å². The molecule has 0 heterocycles. The number of nitriles is 1. The summed E-state index contributed by atoms with van der Waals surface area (Å²) in [6.07, 6.45) is 1.35. The van der Waals surface area contributed by atoms with Gasteiger partial charge in [-0.3, -0.25) is 4.79 Å². The highest BCUT2D eigenvalue weighted by Gasteiger charge is 2.57. The van der Waals surface area contributed by atoms with Crippen molar-refractivity contribution in [1.29, 1.82) is 5.26 Å². The van der Waals surface area contributed by atoms with Crippen LogP contribution in [0.1, 0.15) is 32.6 Å². The normalized spacial score (nSPS) is 35.8. The standard InChI is InChI=1S/C13H21NO4/c1-3-4-10-9(7-15)5-6-11(16)13(10,8-14)12(17)18-2/h9-11,15-16H,3-7H2,1-2H3/t9-,10-,11+,13+/m0/s1. The molecule has 1 rings (SSSR count). The average molecular weight is 255 g/mol. The first-order valence-corrected chi connectivity index (χ1v) is 6.37. The lowest BCUT2D eigenvalue weighted by Gasteiger charge is -2.44. The summed E-state index contributed by atoms with van der Waals surface area (Å²) in [5.41, 5.74) is -1.53. The lowest BCUT2D eigenvalue weighted by Crippen LogP contribution is -2.54. The Kier molecular flexibility index (Phi) is 5.12. The molecule has 0 aromatic carbocycles. The van der Waals surface area contributed by atoms with E-state index in [4.69, 9.17) is 4.74 Å². The van der Waals surface area contributed by atoms with Gasteiger partial charge in [-0.1, -0.05) is 13.3 Å². The maximum atomic E-state index is 12.0. The van der Waals surface area contributed by atoms with Crippen molar-refractivity contribution in [3.8, 4) is 6.07 Å². The molecule has 1 saturated carbocycles. The molecule has 1 fully saturated rings.